The highest BCUT2D eigenvalue weighted by atomic mass is 32.1. The molecule has 7 nitrogen and oxygen atoms in total. The number of amides is 1. The topological polar surface area (TPSA) is 94.4 Å². The zero-order valence-corrected chi connectivity index (χ0v) is 10.4. The summed E-state index contributed by atoms with van der Waals surface area (Å²) in [6, 6.07) is 9.17. The molecular weight excluding hydrogens is 270 g/mol. The molecule has 0 aliphatic rings. The Balaban J connectivity index is 1.85. The molecule has 1 aromatic carbocycles. The molecule has 0 radical (unpaired) electrons. The number of hydrogen-bond donors (Lipinski definition) is 1. The van der Waals surface area contributed by atoms with Crippen LogP contribution >= 0.6 is 11.3 Å². The van der Waals surface area contributed by atoms with Crippen molar-refractivity contribution in [1.82, 2.24) is 4.98 Å². The second kappa shape index (κ2) is 5.91. The monoisotopic (exact) mass is 279 g/mol. The van der Waals surface area contributed by atoms with E-state index >= 15 is 0 Å². The lowest BCUT2D eigenvalue weighted by molar-refractivity contribution is -0.380. The molecule has 19 heavy (non-hydrogen) atoms. The van der Waals surface area contributed by atoms with E-state index in [1.807, 2.05) is 30.3 Å². The number of aromatic nitrogens is 1. The number of nitrogens with zero attached hydrogens (tertiary/aromatic N) is 2. The molecule has 2 rings (SSSR count). The third kappa shape index (κ3) is 3.75. The second-order valence-corrected chi connectivity index (χ2v) is 4.46. The summed E-state index contributed by atoms with van der Waals surface area (Å²) in [5.74, 6) is 0. The first-order chi connectivity index (χ1) is 9.15. The largest absolute Gasteiger partial charge is 0.444 e. The maximum atomic E-state index is 11.4. The summed E-state index contributed by atoms with van der Waals surface area (Å²) in [5, 5.41) is 12.8. The van der Waals surface area contributed by atoms with Crippen LogP contribution in [0.3, 0.4) is 0 Å². The summed E-state index contributed by atoms with van der Waals surface area (Å²) >= 11 is 0.769. The van der Waals surface area contributed by atoms with Gasteiger partial charge >= 0.3 is 11.1 Å². The van der Waals surface area contributed by atoms with Crippen molar-refractivity contribution in [2.24, 2.45) is 0 Å². The van der Waals surface area contributed by atoms with Crippen LogP contribution in [-0.4, -0.2) is 16.0 Å². The maximum absolute atomic E-state index is 11.4. The molecule has 0 aliphatic heterocycles. The Kier molecular flexibility index (Phi) is 4.04. The molecule has 8 heteroatoms. The van der Waals surface area contributed by atoms with E-state index in [1.54, 1.807) is 0 Å². The number of benzene rings is 1. The Morgan fingerprint density at radius 2 is 2.16 bits per heavy atom. The minimum absolute atomic E-state index is 0.125. The summed E-state index contributed by atoms with van der Waals surface area (Å²) in [4.78, 5) is 25.0. The molecule has 98 valence electrons. The van der Waals surface area contributed by atoms with E-state index in [2.05, 4.69) is 10.3 Å². The highest BCUT2D eigenvalue weighted by Crippen LogP contribution is 2.24. The van der Waals surface area contributed by atoms with Gasteiger partial charge in [-0.15, -0.1) is 0 Å². The predicted molar refractivity (Wildman–Crippen MR) is 69.0 cm³/mol. The number of ether oxygens (including phenoxy) is 1. The molecule has 1 aromatic heterocycles. The van der Waals surface area contributed by atoms with Crippen molar-refractivity contribution < 1.29 is 14.5 Å². The lowest BCUT2D eigenvalue weighted by Crippen LogP contribution is -2.13. The lowest BCUT2D eigenvalue weighted by Gasteiger charge is -2.04. The third-order valence-corrected chi connectivity index (χ3v) is 2.96. The highest BCUT2D eigenvalue weighted by Gasteiger charge is 2.13. The summed E-state index contributed by atoms with van der Waals surface area (Å²) in [6.45, 7) is 0.125. The Morgan fingerprint density at radius 1 is 1.42 bits per heavy atom. The molecular formula is C11H9N3O4S. The molecule has 0 bridgehead atoms. The summed E-state index contributed by atoms with van der Waals surface area (Å²) < 4.78 is 4.95. The molecule has 1 heterocycles. The van der Waals surface area contributed by atoms with Crippen LogP contribution in [0.2, 0.25) is 0 Å². The van der Waals surface area contributed by atoms with Gasteiger partial charge in [0.25, 0.3) is 0 Å². The van der Waals surface area contributed by atoms with Crippen LogP contribution in [0.25, 0.3) is 0 Å². The zero-order valence-electron chi connectivity index (χ0n) is 9.61. The van der Waals surface area contributed by atoms with Crippen LogP contribution < -0.4 is 5.32 Å². The Hall–Kier alpha value is -2.48. The molecule has 2 aromatic rings. The molecule has 0 saturated carbocycles. The van der Waals surface area contributed by atoms with Gasteiger partial charge in [0, 0.05) is 0 Å². The third-order valence-electron chi connectivity index (χ3n) is 2.10. The van der Waals surface area contributed by atoms with Gasteiger partial charge in [-0.2, -0.15) is 0 Å². The average molecular weight is 279 g/mol. The van der Waals surface area contributed by atoms with Crippen LogP contribution in [0.1, 0.15) is 5.56 Å². The fraction of sp³-hybridized carbons (Fsp3) is 0.0909. The lowest BCUT2D eigenvalue weighted by atomic mass is 10.2. The number of hydrogen-bond acceptors (Lipinski definition) is 6. The first kappa shape index (κ1) is 13.0. The van der Waals surface area contributed by atoms with Crippen LogP contribution in [0, 0.1) is 10.1 Å². The summed E-state index contributed by atoms with van der Waals surface area (Å²) in [6.07, 6.45) is 0.380. The van der Waals surface area contributed by atoms with Gasteiger partial charge in [0.1, 0.15) is 12.8 Å². The van der Waals surface area contributed by atoms with Crippen molar-refractivity contribution in [2.75, 3.05) is 5.32 Å². The van der Waals surface area contributed by atoms with Gasteiger partial charge in [-0.25, -0.2) is 9.78 Å². The van der Waals surface area contributed by atoms with Crippen LogP contribution in [0.15, 0.2) is 36.5 Å². The van der Waals surface area contributed by atoms with E-state index in [9.17, 15) is 14.9 Å². The van der Waals surface area contributed by atoms with Gasteiger partial charge in [-0.05, 0) is 16.9 Å². The number of thiazole rings is 1. The van der Waals surface area contributed by atoms with Crippen molar-refractivity contribution in [3.8, 4) is 0 Å². The highest BCUT2D eigenvalue weighted by molar-refractivity contribution is 7.18. The van der Waals surface area contributed by atoms with Gasteiger partial charge in [-0.3, -0.25) is 15.4 Å². The molecule has 0 saturated heterocycles. The standard InChI is InChI=1S/C11H9N3O4S/c15-11(18-7-8-4-2-1-3-5-8)13-10-12-6-9(19-10)14(16)17/h1-6H,7H2,(H,12,13,15). The molecule has 1 amide bonds. The smallest absolute Gasteiger partial charge is 0.413 e. The number of carbonyl (C=O) groups excluding carboxylic acids is 1. The SMILES string of the molecule is O=C(Nc1ncc([N+](=O)[O-])s1)OCc1ccccc1. The van der Waals surface area contributed by atoms with Crippen molar-refractivity contribution >= 4 is 27.6 Å². The van der Waals surface area contributed by atoms with Gasteiger partial charge in [-0.1, -0.05) is 30.3 Å². The average Bonchev–Trinajstić information content (AvgIpc) is 2.86. The van der Waals surface area contributed by atoms with E-state index in [0.717, 1.165) is 23.1 Å². The Bertz CT molecular complexity index is 585. The number of anilines is 1. The van der Waals surface area contributed by atoms with E-state index < -0.39 is 11.0 Å². The zero-order chi connectivity index (χ0) is 13.7. The first-order valence-corrected chi connectivity index (χ1v) is 6.05. The van der Waals surface area contributed by atoms with Crippen molar-refractivity contribution in [1.29, 1.82) is 0 Å². The number of rotatable bonds is 4. The van der Waals surface area contributed by atoms with E-state index in [-0.39, 0.29) is 16.7 Å². The van der Waals surface area contributed by atoms with Gasteiger partial charge in [0.05, 0.1) is 4.92 Å². The molecule has 1 N–H and O–H groups in total. The minimum atomic E-state index is -0.701. The van der Waals surface area contributed by atoms with Crippen LogP contribution in [0.5, 0.6) is 0 Å². The van der Waals surface area contributed by atoms with Crippen LogP contribution in [0.4, 0.5) is 14.9 Å². The molecule has 0 aliphatic carbocycles. The molecule has 0 atom stereocenters. The fourth-order valence-corrected chi connectivity index (χ4v) is 1.87. The van der Waals surface area contributed by atoms with Crippen molar-refractivity contribution in [3.05, 3.63) is 52.2 Å². The minimum Gasteiger partial charge on any atom is -0.444 e. The number of nitro groups is 1. The summed E-state index contributed by atoms with van der Waals surface area (Å²) in [7, 11) is 0. The van der Waals surface area contributed by atoms with E-state index in [4.69, 9.17) is 4.74 Å². The first-order valence-electron chi connectivity index (χ1n) is 5.23. The predicted octanol–water partition coefficient (Wildman–Crippen LogP) is 2.80. The van der Waals surface area contributed by atoms with Crippen molar-refractivity contribution in [2.45, 2.75) is 6.61 Å². The Morgan fingerprint density at radius 3 is 2.79 bits per heavy atom. The number of carbonyl (C=O) groups is 1. The van der Waals surface area contributed by atoms with Crippen molar-refractivity contribution in [3.63, 3.8) is 0 Å². The van der Waals surface area contributed by atoms with E-state index in [0.29, 0.717) is 0 Å². The normalized spacial score (nSPS) is 9.89. The van der Waals surface area contributed by atoms with E-state index in [1.165, 1.54) is 0 Å². The fourth-order valence-electron chi connectivity index (χ4n) is 1.25. The van der Waals surface area contributed by atoms with Gasteiger partial charge < -0.3 is 4.74 Å². The van der Waals surface area contributed by atoms with Crippen LogP contribution in [-0.2, 0) is 11.3 Å². The van der Waals surface area contributed by atoms with Gasteiger partial charge in [0.15, 0.2) is 5.13 Å². The maximum Gasteiger partial charge on any atom is 0.413 e. The molecule has 0 fully saturated rings. The molecule has 0 unspecified atom stereocenters. The summed E-state index contributed by atoms with van der Waals surface area (Å²) in [5.41, 5.74) is 0.850. The number of nitrogens with one attached hydrogen (secondary N) is 1. The second-order valence-electron chi connectivity index (χ2n) is 3.45. The Labute approximate surface area is 112 Å². The molecule has 0 spiro atoms. The quantitative estimate of drug-likeness (QED) is 0.686. The van der Waals surface area contributed by atoms with Gasteiger partial charge in [0.2, 0.25) is 0 Å².